The molecule has 2 nitrogen and oxygen atoms in total. The summed E-state index contributed by atoms with van der Waals surface area (Å²) >= 11 is 0. The predicted molar refractivity (Wildman–Crippen MR) is 138 cm³/mol. The third-order valence-electron chi connectivity index (χ3n) is 6.33. The molecule has 0 heterocycles. The molecular weight excluding hydrogens is 404 g/mol. The van der Waals surface area contributed by atoms with Crippen LogP contribution in [0.3, 0.4) is 0 Å². The molecule has 0 radical (unpaired) electrons. The molecule has 2 aromatic rings. The first-order valence-corrected chi connectivity index (χ1v) is 11.9. The fourth-order valence-corrected chi connectivity index (χ4v) is 4.34. The molecule has 0 spiro atoms. The molecule has 172 valence electrons. The molecule has 3 rings (SSSR count). The first-order valence-electron chi connectivity index (χ1n) is 11.9. The zero-order valence-electron chi connectivity index (χ0n) is 20.9. The molecule has 33 heavy (non-hydrogen) atoms. The Bertz CT molecular complexity index is 1090. The Morgan fingerprint density at radius 3 is 2.33 bits per heavy atom. The predicted octanol–water partition coefficient (Wildman–Crippen LogP) is 7.73. The molecule has 0 saturated carbocycles. The Morgan fingerprint density at radius 1 is 1.06 bits per heavy atom. The molecule has 0 amide bonds. The van der Waals surface area contributed by atoms with Crippen LogP contribution in [0.25, 0.3) is 5.57 Å². The van der Waals surface area contributed by atoms with Gasteiger partial charge in [-0.2, -0.15) is 0 Å². The summed E-state index contributed by atoms with van der Waals surface area (Å²) in [5, 5.41) is 0. The molecule has 0 bridgehead atoms. The number of rotatable bonds is 4. The molecule has 0 unspecified atom stereocenters. The first-order chi connectivity index (χ1) is 15.6. The SMILES string of the molecule is CCOC(=O)c1ccc(C#C/C=C/C2=C(c3ccc(C(C)(C)C)cc3)CCCC2(C)C)cc1. The molecule has 1 aliphatic rings. The summed E-state index contributed by atoms with van der Waals surface area (Å²) in [4.78, 5) is 11.8. The first kappa shape index (κ1) is 24.6. The van der Waals surface area contributed by atoms with Crippen LogP contribution in [0.1, 0.15) is 87.9 Å². The molecule has 0 fully saturated rings. The second-order valence-corrected chi connectivity index (χ2v) is 10.4. The van der Waals surface area contributed by atoms with Gasteiger partial charge in [0, 0.05) is 5.56 Å². The van der Waals surface area contributed by atoms with E-state index in [1.54, 1.807) is 19.1 Å². The molecule has 0 atom stereocenters. The van der Waals surface area contributed by atoms with Crippen molar-refractivity contribution < 1.29 is 9.53 Å². The van der Waals surface area contributed by atoms with Crippen LogP contribution in [0.4, 0.5) is 0 Å². The Kier molecular flexibility index (Phi) is 7.65. The van der Waals surface area contributed by atoms with Crippen LogP contribution in [0.15, 0.2) is 66.3 Å². The van der Waals surface area contributed by atoms with Crippen LogP contribution >= 0.6 is 0 Å². The van der Waals surface area contributed by atoms with Gasteiger partial charge in [0.05, 0.1) is 12.2 Å². The average Bonchev–Trinajstić information content (AvgIpc) is 2.77. The molecule has 0 aromatic heterocycles. The molecule has 2 aromatic carbocycles. The van der Waals surface area contributed by atoms with E-state index in [-0.39, 0.29) is 16.8 Å². The van der Waals surface area contributed by atoms with Crippen molar-refractivity contribution in [1.82, 2.24) is 0 Å². The van der Waals surface area contributed by atoms with Gasteiger partial charge in [-0.25, -0.2) is 4.79 Å². The van der Waals surface area contributed by atoms with Crippen molar-refractivity contribution in [3.8, 4) is 11.8 Å². The summed E-state index contributed by atoms with van der Waals surface area (Å²) in [5.74, 6) is 6.06. The third kappa shape index (κ3) is 6.26. The number of hydrogen-bond donors (Lipinski definition) is 0. The Labute approximate surface area is 199 Å². The van der Waals surface area contributed by atoms with E-state index in [0.717, 1.165) is 12.0 Å². The van der Waals surface area contributed by atoms with E-state index in [1.807, 2.05) is 18.2 Å². The van der Waals surface area contributed by atoms with Gasteiger partial charge in [-0.15, -0.1) is 0 Å². The van der Waals surface area contributed by atoms with Gasteiger partial charge in [-0.3, -0.25) is 0 Å². The summed E-state index contributed by atoms with van der Waals surface area (Å²) in [6.45, 7) is 13.6. The molecule has 2 heteroatoms. The lowest BCUT2D eigenvalue weighted by Crippen LogP contribution is -2.19. The fourth-order valence-electron chi connectivity index (χ4n) is 4.34. The number of esters is 1. The maximum absolute atomic E-state index is 11.8. The summed E-state index contributed by atoms with van der Waals surface area (Å²) < 4.78 is 5.03. The van der Waals surface area contributed by atoms with Gasteiger partial charge < -0.3 is 4.74 Å². The van der Waals surface area contributed by atoms with E-state index >= 15 is 0 Å². The lowest BCUT2D eigenvalue weighted by atomic mass is 9.71. The van der Waals surface area contributed by atoms with Crippen LogP contribution in [-0.4, -0.2) is 12.6 Å². The highest BCUT2D eigenvalue weighted by Gasteiger charge is 2.29. The Hall–Kier alpha value is -3.05. The van der Waals surface area contributed by atoms with E-state index in [0.29, 0.717) is 12.2 Å². The maximum atomic E-state index is 11.8. The molecule has 0 saturated heterocycles. The largest absolute Gasteiger partial charge is 0.462 e. The summed E-state index contributed by atoms with van der Waals surface area (Å²) in [6.07, 6.45) is 7.65. The number of hydrogen-bond acceptors (Lipinski definition) is 2. The second-order valence-electron chi connectivity index (χ2n) is 10.4. The Balaban J connectivity index is 1.85. The Morgan fingerprint density at radius 2 is 1.73 bits per heavy atom. The van der Waals surface area contributed by atoms with Crippen LogP contribution in [0, 0.1) is 17.3 Å². The third-order valence-corrected chi connectivity index (χ3v) is 6.33. The van der Waals surface area contributed by atoms with Crippen molar-refractivity contribution in [2.45, 2.75) is 66.2 Å². The lowest BCUT2D eigenvalue weighted by Gasteiger charge is -2.34. The highest BCUT2D eigenvalue weighted by Crippen LogP contribution is 2.44. The van der Waals surface area contributed by atoms with Crippen LogP contribution in [0.2, 0.25) is 0 Å². The van der Waals surface area contributed by atoms with E-state index in [1.165, 1.54) is 35.1 Å². The van der Waals surface area contributed by atoms with Crippen LogP contribution in [0.5, 0.6) is 0 Å². The fraction of sp³-hybridized carbons (Fsp3) is 0.387. The van der Waals surface area contributed by atoms with E-state index in [2.05, 4.69) is 76.8 Å². The zero-order chi connectivity index (χ0) is 24.1. The monoisotopic (exact) mass is 440 g/mol. The summed E-state index contributed by atoms with van der Waals surface area (Å²) in [5.41, 5.74) is 7.20. The normalized spacial score (nSPS) is 15.8. The van der Waals surface area contributed by atoms with Gasteiger partial charge in [-0.1, -0.05) is 70.7 Å². The number of benzene rings is 2. The van der Waals surface area contributed by atoms with Gasteiger partial charge in [0.15, 0.2) is 0 Å². The van der Waals surface area contributed by atoms with Gasteiger partial charge in [0.2, 0.25) is 0 Å². The van der Waals surface area contributed by atoms with Crippen molar-refractivity contribution in [1.29, 1.82) is 0 Å². The molecule has 1 aliphatic carbocycles. The van der Waals surface area contributed by atoms with Gasteiger partial charge >= 0.3 is 5.97 Å². The minimum Gasteiger partial charge on any atom is -0.462 e. The maximum Gasteiger partial charge on any atom is 0.338 e. The highest BCUT2D eigenvalue weighted by atomic mass is 16.5. The number of carbonyl (C=O) groups excluding carboxylic acids is 1. The zero-order valence-corrected chi connectivity index (χ0v) is 20.9. The van der Waals surface area contributed by atoms with Crippen molar-refractivity contribution in [3.05, 3.63) is 88.5 Å². The molecular formula is C31H36O2. The van der Waals surface area contributed by atoms with Crippen molar-refractivity contribution in [2.75, 3.05) is 6.61 Å². The number of allylic oxidation sites excluding steroid dienone is 4. The standard InChI is InChI=1S/C31H36O2/c1-7-33-29(32)25-16-14-23(15-17-25)11-8-9-13-28-27(12-10-22-31(28,5)6)24-18-20-26(21-19-24)30(2,3)4/h9,13-21H,7,10,12,22H2,1-6H3/b13-9+. The smallest absolute Gasteiger partial charge is 0.338 e. The topological polar surface area (TPSA) is 26.3 Å². The highest BCUT2D eigenvalue weighted by molar-refractivity contribution is 5.89. The van der Waals surface area contributed by atoms with Crippen molar-refractivity contribution in [2.24, 2.45) is 5.41 Å². The number of carbonyl (C=O) groups is 1. The minimum atomic E-state index is -0.300. The number of ether oxygens (including phenoxy) is 1. The van der Waals surface area contributed by atoms with Crippen molar-refractivity contribution >= 4 is 11.5 Å². The summed E-state index contributed by atoms with van der Waals surface area (Å²) in [7, 11) is 0. The van der Waals surface area contributed by atoms with E-state index in [9.17, 15) is 4.79 Å². The van der Waals surface area contributed by atoms with Crippen LogP contribution in [-0.2, 0) is 10.2 Å². The van der Waals surface area contributed by atoms with Crippen molar-refractivity contribution in [3.63, 3.8) is 0 Å². The molecule has 0 N–H and O–H groups in total. The minimum absolute atomic E-state index is 0.121. The van der Waals surface area contributed by atoms with Gasteiger partial charge in [-0.05, 0) is 95.7 Å². The summed E-state index contributed by atoms with van der Waals surface area (Å²) in [6, 6.07) is 16.3. The molecule has 0 aliphatic heterocycles. The van der Waals surface area contributed by atoms with E-state index in [4.69, 9.17) is 4.74 Å². The van der Waals surface area contributed by atoms with Crippen LogP contribution < -0.4 is 0 Å². The second kappa shape index (κ2) is 10.3. The van der Waals surface area contributed by atoms with Gasteiger partial charge in [0.25, 0.3) is 0 Å². The average molecular weight is 441 g/mol. The van der Waals surface area contributed by atoms with E-state index < -0.39 is 0 Å². The quantitative estimate of drug-likeness (QED) is 0.359. The lowest BCUT2D eigenvalue weighted by molar-refractivity contribution is 0.0526. The van der Waals surface area contributed by atoms with Gasteiger partial charge in [0.1, 0.15) is 0 Å².